The van der Waals surface area contributed by atoms with Crippen LogP contribution in [0.4, 0.5) is 0 Å². The minimum absolute atomic E-state index is 0.195. The Morgan fingerprint density at radius 2 is 1.92 bits per heavy atom. The van der Waals surface area contributed by atoms with E-state index in [1.54, 1.807) is 7.11 Å². The summed E-state index contributed by atoms with van der Waals surface area (Å²) in [5.41, 5.74) is 1.71. The molecule has 1 unspecified atom stereocenters. The third-order valence-electron chi connectivity index (χ3n) is 3.64. The van der Waals surface area contributed by atoms with Crippen molar-refractivity contribution in [1.82, 2.24) is 25.5 Å². The normalized spacial score (nSPS) is 11.7. The van der Waals surface area contributed by atoms with Crippen molar-refractivity contribution in [1.29, 1.82) is 0 Å². The highest BCUT2D eigenvalue weighted by atomic mass is 16.5. The standard InChI is InChI=1S/C17H17N5O2/c1-24-15-10-6-5-9-14(15)11-18-17(23)16(22-12-19-20-21-22)13-7-3-2-4-8-13/h2-10,12,16H,11H2,1H3,(H,18,23). The number of benzene rings is 2. The summed E-state index contributed by atoms with van der Waals surface area (Å²) in [7, 11) is 1.61. The summed E-state index contributed by atoms with van der Waals surface area (Å²) in [4.78, 5) is 12.7. The summed E-state index contributed by atoms with van der Waals surface area (Å²) >= 11 is 0. The zero-order chi connectivity index (χ0) is 16.8. The van der Waals surface area contributed by atoms with Crippen molar-refractivity contribution in [2.75, 3.05) is 7.11 Å². The molecule has 0 radical (unpaired) electrons. The van der Waals surface area contributed by atoms with Crippen LogP contribution in [0.3, 0.4) is 0 Å². The lowest BCUT2D eigenvalue weighted by atomic mass is 10.1. The minimum atomic E-state index is -0.629. The molecule has 7 heteroatoms. The van der Waals surface area contributed by atoms with Crippen LogP contribution in [0.1, 0.15) is 17.2 Å². The summed E-state index contributed by atoms with van der Waals surface area (Å²) in [5, 5.41) is 14.1. The number of nitrogens with one attached hydrogen (secondary N) is 1. The van der Waals surface area contributed by atoms with Gasteiger partial charge in [-0.2, -0.15) is 0 Å². The zero-order valence-electron chi connectivity index (χ0n) is 13.2. The molecule has 1 amide bonds. The SMILES string of the molecule is COc1ccccc1CNC(=O)C(c1ccccc1)n1cnnn1. The maximum absolute atomic E-state index is 12.7. The second-order valence-electron chi connectivity index (χ2n) is 5.13. The van der Waals surface area contributed by atoms with Gasteiger partial charge in [-0.3, -0.25) is 4.79 Å². The van der Waals surface area contributed by atoms with E-state index in [0.717, 1.165) is 16.9 Å². The monoisotopic (exact) mass is 323 g/mol. The highest BCUT2D eigenvalue weighted by Crippen LogP contribution is 2.19. The van der Waals surface area contributed by atoms with E-state index in [1.807, 2.05) is 54.6 Å². The number of nitrogens with zero attached hydrogens (tertiary/aromatic N) is 4. The summed E-state index contributed by atoms with van der Waals surface area (Å²) in [6.07, 6.45) is 1.43. The Balaban J connectivity index is 1.80. The second-order valence-corrected chi connectivity index (χ2v) is 5.13. The number of hydrogen-bond donors (Lipinski definition) is 1. The molecule has 0 saturated carbocycles. The molecule has 0 aliphatic rings. The van der Waals surface area contributed by atoms with Gasteiger partial charge in [0.05, 0.1) is 7.11 Å². The predicted octanol–water partition coefficient (Wildman–Crippen LogP) is 1.59. The molecule has 7 nitrogen and oxygen atoms in total. The lowest BCUT2D eigenvalue weighted by Gasteiger charge is -2.17. The maximum atomic E-state index is 12.7. The van der Waals surface area contributed by atoms with Crippen LogP contribution >= 0.6 is 0 Å². The Morgan fingerprint density at radius 1 is 1.17 bits per heavy atom. The fraction of sp³-hybridized carbons (Fsp3) is 0.176. The van der Waals surface area contributed by atoms with E-state index < -0.39 is 6.04 Å². The number of tetrazole rings is 1. The molecule has 0 aliphatic heterocycles. The molecule has 122 valence electrons. The summed E-state index contributed by atoms with van der Waals surface area (Å²) in [6, 6.07) is 16.3. The average molecular weight is 323 g/mol. The molecule has 3 rings (SSSR count). The minimum Gasteiger partial charge on any atom is -0.496 e. The van der Waals surface area contributed by atoms with Gasteiger partial charge in [0.25, 0.3) is 0 Å². The number of para-hydroxylation sites is 1. The molecule has 0 aliphatic carbocycles. The quantitative estimate of drug-likeness (QED) is 0.745. The maximum Gasteiger partial charge on any atom is 0.249 e. The molecule has 1 N–H and O–H groups in total. The predicted molar refractivity (Wildman–Crippen MR) is 87.2 cm³/mol. The van der Waals surface area contributed by atoms with E-state index in [1.165, 1.54) is 11.0 Å². The average Bonchev–Trinajstić information content (AvgIpc) is 3.15. The topological polar surface area (TPSA) is 81.9 Å². The van der Waals surface area contributed by atoms with E-state index in [9.17, 15) is 4.79 Å². The fourth-order valence-electron chi connectivity index (χ4n) is 2.47. The van der Waals surface area contributed by atoms with Gasteiger partial charge in [-0.15, -0.1) is 5.10 Å². The van der Waals surface area contributed by atoms with Crippen molar-refractivity contribution >= 4 is 5.91 Å². The van der Waals surface area contributed by atoms with Crippen LogP contribution in [0.25, 0.3) is 0 Å². The third kappa shape index (κ3) is 3.40. The summed E-state index contributed by atoms with van der Waals surface area (Å²) in [5.74, 6) is 0.538. The van der Waals surface area contributed by atoms with Crippen molar-refractivity contribution in [3.63, 3.8) is 0 Å². The molecule has 3 aromatic rings. The summed E-state index contributed by atoms with van der Waals surface area (Å²) < 4.78 is 6.74. The number of carbonyl (C=O) groups excluding carboxylic acids is 1. The fourth-order valence-corrected chi connectivity index (χ4v) is 2.47. The number of amides is 1. The van der Waals surface area contributed by atoms with E-state index in [4.69, 9.17) is 4.74 Å². The molecular weight excluding hydrogens is 306 g/mol. The van der Waals surface area contributed by atoms with Gasteiger partial charge in [0.2, 0.25) is 5.91 Å². The first-order valence-corrected chi connectivity index (χ1v) is 7.46. The highest BCUT2D eigenvalue weighted by Gasteiger charge is 2.23. The van der Waals surface area contributed by atoms with Crippen LogP contribution in [0.5, 0.6) is 5.75 Å². The Hall–Kier alpha value is -3.22. The van der Waals surface area contributed by atoms with Crippen LogP contribution in [-0.4, -0.2) is 33.2 Å². The number of rotatable bonds is 6. The lowest BCUT2D eigenvalue weighted by Crippen LogP contribution is -2.33. The van der Waals surface area contributed by atoms with Crippen LogP contribution in [-0.2, 0) is 11.3 Å². The van der Waals surface area contributed by atoms with Crippen molar-refractivity contribution in [2.24, 2.45) is 0 Å². The molecule has 2 aromatic carbocycles. The largest absolute Gasteiger partial charge is 0.496 e. The van der Waals surface area contributed by atoms with Gasteiger partial charge in [-0.1, -0.05) is 48.5 Å². The molecule has 0 bridgehead atoms. The first-order valence-electron chi connectivity index (χ1n) is 7.46. The van der Waals surface area contributed by atoms with Gasteiger partial charge in [0.15, 0.2) is 6.04 Å². The van der Waals surface area contributed by atoms with Crippen molar-refractivity contribution in [3.8, 4) is 5.75 Å². The number of hydrogen-bond acceptors (Lipinski definition) is 5. The van der Waals surface area contributed by atoms with Gasteiger partial charge < -0.3 is 10.1 Å². The number of ether oxygens (including phenoxy) is 1. The molecule has 1 heterocycles. The Morgan fingerprint density at radius 3 is 2.62 bits per heavy atom. The third-order valence-corrected chi connectivity index (χ3v) is 3.64. The molecular formula is C17H17N5O2. The zero-order valence-corrected chi connectivity index (χ0v) is 13.2. The first-order chi connectivity index (χ1) is 11.8. The number of methoxy groups -OCH3 is 1. The second kappa shape index (κ2) is 7.36. The van der Waals surface area contributed by atoms with E-state index >= 15 is 0 Å². The molecule has 0 fully saturated rings. The lowest BCUT2D eigenvalue weighted by molar-refractivity contribution is -0.123. The molecule has 1 atom stereocenters. The van der Waals surface area contributed by atoms with Crippen LogP contribution in [0.15, 0.2) is 60.9 Å². The Kier molecular flexibility index (Phi) is 4.81. The van der Waals surface area contributed by atoms with Gasteiger partial charge >= 0.3 is 0 Å². The Bertz CT molecular complexity index is 790. The van der Waals surface area contributed by atoms with Gasteiger partial charge in [0.1, 0.15) is 12.1 Å². The first kappa shape index (κ1) is 15.7. The number of carbonyl (C=O) groups is 1. The molecule has 0 saturated heterocycles. The van der Waals surface area contributed by atoms with E-state index in [-0.39, 0.29) is 5.91 Å². The van der Waals surface area contributed by atoms with E-state index in [2.05, 4.69) is 20.8 Å². The van der Waals surface area contributed by atoms with E-state index in [0.29, 0.717) is 6.54 Å². The van der Waals surface area contributed by atoms with Crippen molar-refractivity contribution in [3.05, 3.63) is 72.1 Å². The van der Waals surface area contributed by atoms with Gasteiger partial charge in [0, 0.05) is 12.1 Å². The molecule has 0 spiro atoms. The highest BCUT2D eigenvalue weighted by molar-refractivity contribution is 5.83. The van der Waals surface area contributed by atoms with Gasteiger partial charge in [-0.25, -0.2) is 4.68 Å². The smallest absolute Gasteiger partial charge is 0.249 e. The molecule has 1 aromatic heterocycles. The molecule has 24 heavy (non-hydrogen) atoms. The summed E-state index contributed by atoms with van der Waals surface area (Å²) in [6.45, 7) is 0.355. The Labute approximate surface area is 139 Å². The van der Waals surface area contributed by atoms with Crippen LogP contribution in [0.2, 0.25) is 0 Å². The van der Waals surface area contributed by atoms with Gasteiger partial charge in [-0.05, 0) is 22.1 Å². The van der Waals surface area contributed by atoms with Crippen molar-refractivity contribution < 1.29 is 9.53 Å². The van der Waals surface area contributed by atoms with Crippen molar-refractivity contribution in [2.45, 2.75) is 12.6 Å². The van der Waals surface area contributed by atoms with Crippen LogP contribution < -0.4 is 10.1 Å². The number of aromatic nitrogens is 4. The van der Waals surface area contributed by atoms with Crippen LogP contribution in [0, 0.1) is 0 Å².